The van der Waals surface area contributed by atoms with Crippen molar-refractivity contribution in [3.8, 4) is 0 Å². The first-order valence-electron chi connectivity index (χ1n) is 5.87. The Morgan fingerprint density at radius 2 is 2.06 bits per heavy atom. The summed E-state index contributed by atoms with van der Waals surface area (Å²) in [7, 11) is 0. The summed E-state index contributed by atoms with van der Waals surface area (Å²) in [6.07, 6.45) is 0.717. The molecule has 17 heavy (non-hydrogen) atoms. The van der Waals surface area contributed by atoms with Crippen molar-refractivity contribution >= 4 is 5.97 Å². The van der Waals surface area contributed by atoms with E-state index in [9.17, 15) is 4.79 Å². The highest BCUT2D eigenvalue weighted by atomic mass is 16.4. The summed E-state index contributed by atoms with van der Waals surface area (Å²) in [4.78, 5) is 10.5. The number of rotatable bonds is 4. The van der Waals surface area contributed by atoms with Crippen LogP contribution in [0.1, 0.15) is 44.4 Å². The van der Waals surface area contributed by atoms with Crippen LogP contribution >= 0.6 is 0 Å². The maximum absolute atomic E-state index is 10.5. The first-order chi connectivity index (χ1) is 7.80. The summed E-state index contributed by atoms with van der Waals surface area (Å²) in [5.41, 5.74) is 8.29. The molecule has 0 aromatic heterocycles. The average Bonchev–Trinajstić information content (AvgIpc) is 2.24. The second-order valence-corrected chi connectivity index (χ2v) is 5.48. The standard InChI is InChI=1S/C14H21NO2/c1-14(2,3)13(15)11-6-4-5-10(9-11)7-8-12(16)17/h4-6,9,13H,7-8,15H2,1-3H3,(H,16,17). The molecule has 0 bridgehead atoms. The third kappa shape index (κ3) is 4.19. The number of aliphatic carboxylic acids is 1. The van der Waals surface area contributed by atoms with Crippen LogP contribution in [0.2, 0.25) is 0 Å². The van der Waals surface area contributed by atoms with Crippen LogP contribution < -0.4 is 5.73 Å². The van der Waals surface area contributed by atoms with Crippen molar-refractivity contribution in [3.63, 3.8) is 0 Å². The van der Waals surface area contributed by atoms with Crippen molar-refractivity contribution in [1.82, 2.24) is 0 Å². The summed E-state index contributed by atoms with van der Waals surface area (Å²) in [5, 5.41) is 8.66. The van der Waals surface area contributed by atoms with Gasteiger partial charge in [0, 0.05) is 12.5 Å². The first kappa shape index (κ1) is 13.7. The molecular weight excluding hydrogens is 214 g/mol. The summed E-state index contributed by atoms with van der Waals surface area (Å²) in [6.45, 7) is 6.30. The van der Waals surface area contributed by atoms with Crippen LogP contribution in [-0.4, -0.2) is 11.1 Å². The normalized spacial score (nSPS) is 13.4. The Balaban J connectivity index is 2.82. The molecule has 1 aromatic carbocycles. The highest BCUT2D eigenvalue weighted by Gasteiger charge is 2.22. The fraction of sp³-hybridized carbons (Fsp3) is 0.500. The number of hydrogen-bond donors (Lipinski definition) is 2. The minimum absolute atomic E-state index is 0.00538. The molecule has 0 aliphatic carbocycles. The Morgan fingerprint density at radius 1 is 1.41 bits per heavy atom. The molecule has 0 radical (unpaired) electrons. The fourth-order valence-corrected chi connectivity index (χ4v) is 1.69. The Hall–Kier alpha value is -1.35. The van der Waals surface area contributed by atoms with Gasteiger partial charge in [0.2, 0.25) is 0 Å². The summed E-state index contributed by atoms with van der Waals surface area (Å²) in [5.74, 6) is -0.768. The summed E-state index contributed by atoms with van der Waals surface area (Å²) in [6, 6.07) is 7.87. The van der Waals surface area contributed by atoms with Gasteiger partial charge in [-0.2, -0.15) is 0 Å². The van der Waals surface area contributed by atoms with E-state index < -0.39 is 5.97 Å². The van der Waals surface area contributed by atoms with Gasteiger partial charge in [-0.15, -0.1) is 0 Å². The van der Waals surface area contributed by atoms with Gasteiger partial charge in [-0.3, -0.25) is 4.79 Å². The molecule has 0 saturated heterocycles. The van der Waals surface area contributed by atoms with Crippen LogP contribution in [0, 0.1) is 5.41 Å². The van der Waals surface area contributed by atoms with Crippen molar-refractivity contribution in [2.24, 2.45) is 11.1 Å². The lowest BCUT2D eigenvalue weighted by molar-refractivity contribution is -0.136. The molecule has 1 unspecified atom stereocenters. The third-order valence-electron chi connectivity index (χ3n) is 2.87. The molecule has 0 saturated carbocycles. The van der Waals surface area contributed by atoms with Gasteiger partial charge >= 0.3 is 5.97 Å². The van der Waals surface area contributed by atoms with Crippen molar-refractivity contribution in [2.75, 3.05) is 0 Å². The molecule has 0 spiro atoms. The molecule has 0 aliphatic heterocycles. The monoisotopic (exact) mass is 235 g/mol. The number of carboxylic acids is 1. The van der Waals surface area contributed by atoms with Gasteiger partial charge in [-0.1, -0.05) is 45.0 Å². The molecule has 3 N–H and O–H groups in total. The quantitative estimate of drug-likeness (QED) is 0.843. The van der Waals surface area contributed by atoms with E-state index in [0.29, 0.717) is 6.42 Å². The Morgan fingerprint density at radius 3 is 2.59 bits per heavy atom. The van der Waals surface area contributed by atoms with Gasteiger partial charge in [0.1, 0.15) is 0 Å². The van der Waals surface area contributed by atoms with Gasteiger partial charge in [-0.05, 0) is 23.0 Å². The van der Waals surface area contributed by atoms with E-state index in [2.05, 4.69) is 20.8 Å². The molecule has 0 fully saturated rings. The molecular formula is C14H21NO2. The highest BCUT2D eigenvalue weighted by molar-refractivity contribution is 5.67. The molecule has 3 heteroatoms. The zero-order valence-electron chi connectivity index (χ0n) is 10.7. The molecule has 0 heterocycles. The zero-order valence-corrected chi connectivity index (χ0v) is 10.7. The number of carbonyl (C=O) groups is 1. The lowest BCUT2D eigenvalue weighted by atomic mass is 9.82. The number of benzene rings is 1. The van der Waals surface area contributed by atoms with Gasteiger partial charge in [0.25, 0.3) is 0 Å². The highest BCUT2D eigenvalue weighted by Crippen LogP contribution is 2.30. The van der Waals surface area contributed by atoms with Gasteiger partial charge in [0.15, 0.2) is 0 Å². The predicted octanol–water partition coefficient (Wildman–Crippen LogP) is 2.75. The predicted molar refractivity (Wildman–Crippen MR) is 68.8 cm³/mol. The van der Waals surface area contributed by atoms with Gasteiger partial charge < -0.3 is 10.8 Å². The van der Waals surface area contributed by atoms with Crippen LogP contribution in [0.3, 0.4) is 0 Å². The van der Waals surface area contributed by atoms with Crippen molar-refractivity contribution in [3.05, 3.63) is 35.4 Å². The summed E-state index contributed by atoms with van der Waals surface area (Å²) < 4.78 is 0. The van der Waals surface area contributed by atoms with Crippen molar-refractivity contribution in [2.45, 2.75) is 39.7 Å². The van der Waals surface area contributed by atoms with E-state index in [1.54, 1.807) is 0 Å². The lowest BCUT2D eigenvalue weighted by Crippen LogP contribution is -2.26. The molecule has 1 aromatic rings. The minimum Gasteiger partial charge on any atom is -0.481 e. The maximum Gasteiger partial charge on any atom is 0.303 e. The Bertz CT molecular complexity index is 393. The molecule has 0 aliphatic rings. The maximum atomic E-state index is 10.5. The second kappa shape index (κ2) is 5.32. The number of aryl methyl sites for hydroxylation is 1. The topological polar surface area (TPSA) is 63.3 Å². The van der Waals surface area contributed by atoms with E-state index in [1.807, 2.05) is 24.3 Å². The minimum atomic E-state index is -0.768. The average molecular weight is 235 g/mol. The Kier molecular flexibility index (Phi) is 4.29. The van der Waals surface area contributed by atoms with Crippen LogP contribution in [-0.2, 0) is 11.2 Å². The largest absolute Gasteiger partial charge is 0.481 e. The number of hydrogen-bond acceptors (Lipinski definition) is 2. The lowest BCUT2D eigenvalue weighted by Gasteiger charge is -2.27. The molecule has 3 nitrogen and oxygen atoms in total. The van der Waals surface area contributed by atoms with E-state index in [4.69, 9.17) is 10.8 Å². The van der Waals surface area contributed by atoms with Gasteiger partial charge in [0.05, 0.1) is 0 Å². The zero-order chi connectivity index (χ0) is 13.1. The van der Waals surface area contributed by atoms with E-state index in [-0.39, 0.29) is 17.9 Å². The number of carboxylic acid groups (broad SMARTS) is 1. The first-order valence-corrected chi connectivity index (χ1v) is 5.87. The fourth-order valence-electron chi connectivity index (χ4n) is 1.69. The molecule has 1 atom stereocenters. The Labute approximate surface area is 103 Å². The second-order valence-electron chi connectivity index (χ2n) is 5.48. The van der Waals surface area contributed by atoms with Crippen molar-refractivity contribution < 1.29 is 9.90 Å². The van der Waals surface area contributed by atoms with E-state index >= 15 is 0 Å². The van der Waals surface area contributed by atoms with Gasteiger partial charge in [-0.25, -0.2) is 0 Å². The number of nitrogens with two attached hydrogens (primary N) is 1. The van der Waals surface area contributed by atoms with Crippen molar-refractivity contribution in [1.29, 1.82) is 0 Å². The molecule has 1 rings (SSSR count). The van der Waals surface area contributed by atoms with E-state index in [0.717, 1.165) is 11.1 Å². The summed E-state index contributed by atoms with van der Waals surface area (Å²) >= 11 is 0. The smallest absolute Gasteiger partial charge is 0.303 e. The van der Waals surface area contributed by atoms with Crippen LogP contribution in [0.5, 0.6) is 0 Å². The molecule has 94 valence electrons. The van der Waals surface area contributed by atoms with E-state index in [1.165, 1.54) is 0 Å². The van der Waals surface area contributed by atoms with Crippen LogP contribution in [0.25, 0.3) is 0 Å². The molecule has 0 amide bonds. The third-order valence-corrected chi connectivity index (χ3v) is 2.87. The van der Waals surface area contributed by atoms with Crippen LogP contribution in [0.15, 0.2) is 24.3 Å². The van der Waals surface area contributed by atoms with Crippen LogP contribution in [0.4, 0.5) is 0 Å². The SMILES string of the molecule is CC(C)(C)C(N)c1cccc(CCC(=O)O)c1.